The minimum Gasteiger partial charge on any atom is -0.351 e. The summed E-state index contributed by atoms with van der Waals surface area (Å²) in [5.41, 5.74) is 9.38. The van der Waals surface area contributed by atoms with E-state index in [0.29, 0.717) is 22.7 Å². The molecule has 0 bridgehead atoms. The van der Waals surface area contributed by atoms with Gasteiger partial charge in [-0.1, -0.05) is 0 Å². The number of carbonyl (C=O) groups excluding carboxylic acids is 1. The van der Waals surface area contributed by atoms with Crippen LogP contribution in [0.2, 0.25) is 0 Å². The second-order valence-corrected chi connectivity index (χ2v) is 5.91. The summed E-state index contributed by atoms with van der Waals surface area (Å²) in [5.74, 6) is -0.0430. The Bertz CT molecular complexity index is 732. The smallest absolute Gasteiger partial charge is 0.257 e. The summed E-state index contributed by atoms with van der Waals surface area (Å²) in [4.78, 5) is 12.5. The largest absolute Gasteiger partial charge is 0.351 e. The molecular formula is C17H20FN3O. The van der Waals surface area contributed by atoms with Crippen molar-refractivity contribution < 1.29 is 9.18 Å². The predicted molar refractivity (Wildman–Crippen MR) is 84.4 cm³/mol. The highest BCUT2D eigenvalue weighted by atomic mass is 19.1. The van der Waals surface area contributed by atoms with E-state index in [1.54, 1.807) is 6.07 Å². The Hall–Kier alpha value is -2.14. The van der Waals surface area contributed by atoms with Crippen LogP contribution >= 0.6 is 0 Å². The van der Waals surface area contributed by atoms with Crippen LogP contribution < -0.4 is 11.1 Å². The van der Waals surface area contributed by atoms with E-state index in [1.165, 1.54) is 30.7 Å². The number of nitrogens with two attached hydrogens (primary N) is 1. The maximum atomic E-state index is 13.5. The molecule has 22 heavy (non-hydrogen) atoms. The van der Waals surface area contributed by atoms with Crippen LogP contribution in [0, 0.1) is 12.7 Å². The molecule has 1 aromatic heterocycles. The Balaban J connectivity index is 1.85. The average Bonchev–Trinajstić information content (AvgIpc) is 3.26. The molecule has 1 aromatic carbocycles. The number of carbonyl (C=O) groups is 1. The van der Waals surface area contributed by atoms with Crippen LogP contribution in [0.5, 0.6) is 0 Å². The number of halogens is 1. The number of hydrogen-bond acceptors (Lipinski definition) is 2. The monoisotopic (exact) mass is 301 g/mol. The third kappa shape index (κ3) is 2.76. The molecule has 0 radical (unpaired) electrons. The third-order valence-electron chi connectivity index (χ3n) is 4.26. The van der Waals surface area contributed by atoms with Crippen LogP contribution in [0.1, 0.15) is 46.1 Å². The summed E-state index contributed by atoms with van der Waals surface area (Å²) in [6.45, 7) is 2.16. The van der Waals surface area contributed by atoms with Gasteiger partial charge in [0, 0.05) is 30.7 Å². The SMILES string of the molecule is Cc1c(C(=O)Nc2cc(F)cc(CN)c2)cc(C2CC2)n1C. The number of amides is 1. The van der Waals surface area contributed by atoms with Crippen molar-refractivity contribution in [3.05, 3.63) is 52.6 Å². The number of nitrogens with one attached hydrogen (secondary N) is 1. The van der Waals surface area contributed by atoms with Gasteiger partial charge in [0.2, 0.25) is 0 Å². The topological polar surface area (TPSA) is 60.1 Å². The zero-order valence-corrected chi connectivity index (χ0v) is 12.8. The van der Waals surface area contributed by atoms with Gasteiger partial charge in [-0.15, -0.1) is 0 Å². The van der Waals surface area contributed by atoms with Crippen LogP contribution in [0.25, 0.3) is 0 Å². The molecule has 1 saturated carbocycles. The van der Waals surface area contributed by atoms with Gasteiger partial charge in [0.25, 0.3) is 5.91 Å². The zero-order chi connectivity index (χ0) is 15.9. The molecule has 2 aromatic rings. The van der Waals surface area contributed by atoms with Crippen molar-refractivity contribution >= 4 is 11.6 Å². The van der Waals surface area contributed by atoms with Gasteiger partial charge >= 0.3 is 0 Å². The number of anilines is 1. The molecular weight excluding hydrogens is 281 g/mol. The first-order valence-corrected chi connectivity index (χ1v) is 7.46. The molecule has 1 aliphatic rings. The summed E-state index contributed by atoms with van der Waals surface area (Å²) in [6, 6.07) is 6.32. The van der Waals surface area contributed by atoms with Crippen LogP contribution in [-0.2, 0) is 13.6 Å². The van der Waals surface area contributed by atoms with Gasteiger partial charge in [-0.05, 0) is 55.5 Å². The number of rotatable bonds is 4. The lowest BCUT2D eigenvalue weighted by Gasteiger charge is -2.07. The first kappa shape index (κ1) is 14.8. The minimum atomic E-state index is -0.401. The Labute approximate surface area is 129 Å². The quantitative estimate of drug-likeness (QED) is 0.911. The third-order valence-corrected chi connectivity index (χ3v) is 4.26. The molecule has 5 heteroatoms. The van der Waals surface area contributed by atoms with E-state index in [-0.39, 0.29) is 12.5 Å². The van der Waals surface area contributed by atoms with Gasteiger partial charge in [0.05, 0.1) is 5.56 Å². The van der Waals surface area contributed by atoms with Crippen molar-refractivity contribution in [2.75, 3.05) is 5.32 Å². The molecule has 116 valence electrons. The van der Waals surface area contributed by atoms with E-state index in [9.17, 15) is 9.18 Å². The van der Waals surface area contributed by atoms with Crippen LogP contribution in [0.3, 0.4) is 0 Å². The summed E-state index contributed by atoms with van der Waals surface area (Å²) in [7, 11) is 1.98. The van der Waals surface area contributed by atoms with Gasteiger partial charge < -0.3 is 15.6 Å². The Morgan fingerprint density at radius 1 is 1.36 bits per heavy atom. The average molecular weight is 301 g/mol. The lowest BCUT2D eigenvalue weighted by molar-refractivity contribution is 0.102. The zero-order valence-electron chi connectivity index (χ0n) is 12.8. The number of nitrogens with zero attached hydrogens (tertiary/aromatic N) is 1. The highest BCUT2D eigenvalue weighted by Gasteiger charge is 2.28. The highest BCUT2D eigenvalue weighted by Crippen LogP contribution is 2.41. The molecule has 0 aliphatic heterocycles. The molecule has 1 fully saturated rings. The first-order chi connectivity index (χ1) is 10.5. The van der Waals surface area contributed by atoms with E-state index in [0.717, 1.165) is 5.69 Å². The number of benzene rings is 1. The minimum absolute atomic E-state index is 0.214. The lowest BCUT2D eigenvalue weighted by Crippen LogP contribution is -2.13. The van der Waals surface area contributed by atoms with Crippen molar-refractivity contribution in [3.8, 4) is 0 Å². The van der Waals surface area contributed by atoms with E-state index in [2.05, 4.69) is 9.88 Å². The molecule has 0 atom stereocenters. The summed E-state index contributed by atoms with van der Waals surface area (Å²) < 4.78 is 15.6. The summed E-state index contributed by atoms with van der Waals surface area (Å²) >= 11 is 0. The Kier molecular flexibility index (Phi) is 3.74. The van der Waals surface area contributed by atoms with E-state index >= 15 is 0 Å². The van der Waals surface area contributed by atoms with E-state index in [4.69, 9.17) is 5.73 Å². The first-order valence-electron chi connectivity index (χ1n) is 7.46. The second-order valence-electron chi connectivity index (χ2n) is 5.91. The Morgan fingerprint density at radius 2 is 2.09 bits per heavy atom. The van der Waals surface area contributed by atoms with E-state index < -0.39 is 5.82 Å². The molecule has 1 aliphatic carbocycles. The molecule has 3 N–H and O–H groups in total. The molecule has 1 heterocycles. The van der Waals surface area contributed by atoms with Crippen molar-refractivity contribution in [2.24, 2.45) is 12.8 Å². The summed E-state index contributed by atoms with van der Waals surface area (Å²) in [6.07, 6.45) is 2.37. The fourth-order valence-corrected chi connectivity index (χ4v) is 2.76. The fourth-order valence-electron chi connectivity index (χ4n) is 2.76. The molecule has 0 unspecified atom stereocenters. The van der Waals surface area contributed by atoms with Gasteiger partial charge in [-0.3, -0.25) is 4.79 Å². The Morgan fingerprint density at radius 3 is 2.73 bits per heavy atom. The maximum absolute atomic E-state index is 13.5. The van der Waals surface area contributed by atoms with Crippen molar-refractivity contribution in [1.29, 1.82) is 0 Å². The summed E-state index contributed by atoms with van der Waals surface area (Å²) in [5, 5.41) is 2.77. The molecule has 3 rings (SSSR count). The second kappa shape index (κ2) is 5.57. The normalized spacial score (nSPS) is 14.2. The lowest BCUT2D eigenvalue weighted by atomic mass is 10.1. The van der Waals surface area contributed by atoms with Crippen molar-refractivity contribution in [1.82, 2.24) is 4.57 Å². The van der Waals surface area contributed by atoms with Gasteiger partial charge in [0.1, 0.15) is 5.82 Å². The van der Waals surface area contributed by atoms with Gasteiger partial charge in [-0.25, -0.2) is 4.39 Å². The number of aromatic nitrogens is 1. The molecule has 0 spiro atoms. The van der Waals surface area contributed by atoms with Crippen molar-refractivity contribution in [3.63, 3.8) is 0 Å². The van der Waals surface area contributed by atoms with E-state index in [1.807, 2.05) is 20.0 Å². The predicted octanol–water partition coefficient (Wildman–Crippen LogP) is 3.06. The molecule has 1 amide bonds. The molecule has 4 nitrogen and oxygen atoms in total. The highest BCUT2D eigenvalue weighted by molar-refractivity contribution is 6.05. The molecule has 0 saturated heterocycles. The fraction of sp³-hybridized carbons (Fsp3) is 0.353. The van der Waals surface area contributed by atoms with Gasteiger partial charge in [-0.2, -0.15) is 0 Å². The van der Waals surface area contributed by atoms with Crippen LogP contribution in [0.15, 0.2) is 24.3 Å². The van der Waals surface area contributed by atoms with Gasteiger partial charge in [0.15, 0.2) is 0 Å². The van der Waals surface area contributed by atoms with Crippen LogP contribution in [0.4, 0.5) is 10.1 Å². The number of hydrogen-bond donors (Lipinski definition) is 2. The van der Waals surface area contributed by atoms with Crippen molar-refractivity contribution in [2.45, 2.75) is 32.2 Å². The van der Waals surface area contributed by atoms with Crippen LogP contribution in [-0.4, -0.2) is 10.5 Å². The maximum Gasteiger partial charge on any atom is 0.257 e. The standard InChI is InChI=1S/C17H20FN3O/c1-10-15(8-16(21(10)2)12-3-4-12)17(22)20-14-6-11(9-19)5-13(18)7-14/h5-8,12H,3-4,9,19H2,1-2H3,(H,20,22).